The first kappa shape index (κ1) is 20.2. The van der Waals surface area contributed by atoms with E-state index in [1.807, 2.05) is 7.05 Å². The van der Waals surface area contributed by atoms with Crippen LogP contribution in [-0.4, -0.2) is 49.1 Å². The number of nitrogens with zero attached hydrogens (tertiary/aromatic N) is 3. The molecule has 0 atom stereocenters. The van der Waals surface area contributed by atoms with Crippen molar-refractivity contribution in [3.8, 4) is 0 Å². The molecule has 1 heterocycles. The van der Waals surface area contributed by atoms with Gasteiger partial charge in [-0.3, -0.25) is 4.99 Å². The molecule has 1 fully saturated rings. The monoisotopic (exact) mass is 365 g/mol. The first-order chi connectivity index (χ1) is 12.1. The van der Waals surface area contributed by atoms with Gasteiger partial charge in [0.15, 0.2) is 5.96 Å². The van der Waals surface area contributed by atoms with Gasteiger partial charge in [-0.25, -0.2) is 4.98 Å². The smallest absolute Gasteiger partial charge is 0.191 e. The number of nitrogens with one attached hydrogen (secondary N) is 2. The molecule has 0 aromatic carbocycles. The van der Waals surface area contributed by atoms with Gasteiger partial charge in [-0.1, -0.05) is 33.1 Å². The van der Waals surface area contributed by atoms with Crippen molar-refractivity contribution in [3.63, 3.8) is 0 Å². The second-order valence-corrected chi connectivity index (χ2v) is 8.24. The predicted molar refractivity (Wildman–Crippen MR) is 109 cm³/mol. The largest absolute Gasteiger partial charge is 0.356 e. The summed E-state index contributed by atoms with van der Waals surface area (Å²) in [6.45, 7) is 7.19. The van der Waals surface area contributed by atoms with E-state index < -0.39 is 0 Å². The van der Waals surface area contributed by atoms with Crippen molar-refractivity contribution in [1.82, 2.24) is 20.5 Å². The fraction of sp³-hybridized carbons (Fsp3) is 0.789. The molecular formula is C19H35N5S. The normalized spacial score (nSPS) is 16.6. The van der Waals surface area contributed by atoms with Gasteiger partial charge >= 0.3 is 0 Å². The van der Waals surface area contributed by atoms with Crippen LogP contribution in [0.1, 0.15) is 69.0 Å². The first-order valence-corrected chi connectivity index (χ1v) is 10.6. The lowest BCUT2D eigenvalue weighted by molar-refractivity contribution is 0.190. The molecule has 2 rings (SSSR count). The van der Waals surface area contributed by atoms with Gasteiger partial charge in [0.25, 0.3) is 0 Å². The van der Waals surface area contributed by atoms with Gasteiger partial charge in [0.2, 0.25) is 0 Å². The molecule has 0 spiro atoms. The minimum atomic E-state index is 0.489. The molecule has 6 heteroatoms. The van der Waals surface area contributed by atoms with Crippen LogP contribution >= 0.6 is 11.3 Å². The van der Waals surface area contributed by atoms with Gasteiger partial charge in [-0.05, 0) is 38.8 Å². The molecule has 25 heavy (non-hydrogen) atoms. The topological polar surface area (TPSA) is 52.6 Å². The molecule has 142 valence electrons. The van der Waals surface area contributed by atoms with Crippen LogP contribution in [0.15, 0.2) is 10.4 Å². The summed E-state index contributed by atoms with van der Waals surface area (Å²) in [5.74, 6) is 1.35. The Balaban J connectivity index is 1.62. The predicted octanol–water partition coefficient (Wildman–Crippen LogP) is 3.59. The molecule has 5 nitrogen and oxygen atoms in total. The van der Waals surface area contributed by atoms with Crippen LogP contribution in [0.5, 0.6) is 0 Å². The minimum Gasteiger partial charge on any atom is -0.356 e. The van der Waals surface area contributed by atoms with E-state index in [-0.39, 0.29) is 0 Å². The van der Waals surface area contributed by atoms with Crippen LogP contribution in [0, 0.1) is 0 Å². The number of hydrogen-bond donors (Lipinski definition) is 2. The Morgan fingerprint density at radius 1 is 1.32 bits per heavy atom. The van der Waals surface area contributed by atoms with Crippen molar-refractivity contribution < 1.29 is 0 Å². The Labute approximate surface area is 157 Å². The number of aromatic nitrogens is 1. The van der Waals surface area contributed by atoms with Gasteiger partial charge in [0.1, 0.15) is 5.01 Å². The highest BCUT2D eigenvalue weighted by Gasteiger charge is 2.17. The number of aliphatic imine (C=N–C) groups is 1. The lowest BCUT2D eigenvalue weighted by Crippen LogP contribution is -2.39. The maximum absolute atomic E-state index is 4.65. The summed E-state index contributed by atoms with van der Waals surface area (Å²) < 4.78 is 0. The lowest BCUT2D eigenvalue weighted by atomic mass is 9.94. The van der Waals surface area contributed by atoms with E-state index in [0.717, 1.165) is 43.1 Å². The van der Waals surface area contributed by atoms with Gasteiger partial charge in [-0.2, -0.15) is 0 Å². The molecule has 0 unspecified atom stereocenters. The molecule has 0 radical (unpaired) electrons. The Bertz CT molecular complexity index is 520. The fourth-order valence-electron chi connectivity index (χ4n) is 3.29. The molecule has 0 aliphatic heterocycles. The maximum Gasteiger partial charge on any atom is 0.191 e. The Morgan fingerprint density at radius 2 is 2.08 bits per heavy atom. The summed E-state index contributed by atoms with van der Waals surface area (Å²) in [4.78, 5) is 11.5. The third-order valence-corrected chi connectivity index (χ3v) is 5.84. The van der Waals surface area contributed by atoms with Crippen molar-refractivity contribution in [2.24, 2.45) is 4.99 Å². The molecule has 1 aliphatic rings. The van der Waals surface area contributed by atoms with Gasteiger partial charge < -0.3 is 15.5 Å². The van der Waals surface area contributed by atoms with E-state index in [2.05, 4.69) is 51.8 Å². The second-order valence-electron chi connectivity index (χ2n) is 7.30. The number of rotatable bonds is 8. The first-order valence-electron chi connectivity index (χ1n) is 9.69. The number of hydrogen-bond acceptors (Lipinski definition) is 4. The highest BCUT2D eigenvalue weighted by atomic mass is 32.1. The second kappa shape index (κ2) is 10.8. The van der Waals surface area contributed by atoms with Crippen molar-refractivity contribution >= 4 is 17.3 Å². The Hall–Kier alpha value is -1.14. The highest BCUT2D eigenvalue weighted by molar-refractivity contribution is 7.09. The Kier molecular flexibility index (Phi) is 8.68. The standard InChI is InChI=1S/C19H35N5S/c1-15(2)17-14-25-18(23-17)13-22-19(20-3)21-11-8-12-24(4)16-9-6-5-7-10-16/h14-16H,5-13H2,1-4H3,(H2,20,21,22). The molecule has 0 amide bonds. The molecular weight excluding hydrogens is 330 g/mol. The van der Waals surface area contributed by atoms with Crippen LogP contribution in [0.2, 0.25) is 0 Å². The third kappa shape index (κ3) is 6.94. The van der Waals surface area contributed by atoms with E-state index in [9.17, 15) is 0 Å². The zero-order valence-corrected chi connectivity index (χ0v) is 17.2. The fourth-order valence-corrected chi connectivity index (χ4v) is 4.19. The van der Waals surface area contributed by atoms with Gasteiger partial charge in [0, 0.05) is 25.0 Å². The molecule has 0 saturated heterocycles. The molecule has 0 bridgehead atoms. The summed E-state index contributed by atoms with van der Waals surface area (Å²) in [5, 5.41) is 10.0. The zero-order chi connectivity index (χ0) is 18.1. The van der Waals surface area contributed by atoms with Crippen LogP contribution in [0.3, 0.4) is 0 Å². The van der Waals surface area contributed by atoms with E-state index in [0.29, 0.717) is 5.92 Å². The number of thiazole rings is 1. The average Bonchev–Trinajstić information content (AvgIpc) is 3.11. The summed E-state index contributed by atoms with van der Waals surface area (Å²) in [5.41, 5.74) is 1.18. The van der Waals surface area contributed by atoms with Crippen molar-refractivity contribution in [1.29, 1.82) is 0 Å². The van der Waals surface area contributed by atoms with Gasteiger partial charge in [-0.15, -0.1) is 11.3 Å². The van der Waals surface area contributed by atoms with Crippen molar-refractivity contribution in [2.75, 3.05) is 27.2 Å². The number of guanidine groups is 1. The van der Waals surface area contributed by atoms with Crippen molar-refractivity contribution in [2.45, 2.75) is 70.9 Å². The van der Waals surface area contributed by atoms with Gasteiger partial charge in [0.05, 0.1) is 12.2 Å². The minimum absolute atomic E-state index is 0.489. The van der Waals surface area contributed by atoms with E-state index >= 15 is 0 Å². The maximum atomic E-state index is 4.65. The SMILES string of the molecule is CN=C(NCCCN(C)C1CCCCC1)NCc1nc(C(C)C)cs1. The molecule has 1 saturated carbocycles. The highest BCUT2D eigenvalue weighted by Crippen LogP contribution is 2.21. The van der Waals surface area contributed by atoms with Crippen LogP contribution in [0.4, 0.5) is 0 Å². The third-order valence-electron chi connectivity index (χ3n) is 4.97. The Morgan fingerprint density at radius 3 is 2.72 bits per heavy atom. The van der Waals surface area contributed by atoms with E-state index in [1.165, 1.54) is 37.8 Å². The van der Waals surface area contributed by atoms with Crippen LogP contribution in [-0.2, 0) is 6.54 Å². The molecule has 1 aliphatic carbocycles. The molecule has 2 N–H and O–H groups in total. The van der Waals surface area contributed by atoms with Crippen LogP contribution < -0.4 is 10.6 Å². The average molecular weight is 366 g/mol. The van der Waals surface area contributed by atoms with Crippen molar-refractivity contribution in [3.05, 3.63) is 16.1 Å². The lowest BCUT2D eigenvalue weighted by Gasteiger charge is -2.31. The summed E-state index contributed by atoms with van der Waals surface area (Å²) >= 11 is 1.72. The quantitative estimate of drug-likeness (QED) is 0.420. The van der Waals surface area contributed by atoms with E-state index in [4.69, 9.17) is 0 Å². The molecule has 1 aromatic heterocycles. The van der Waals surface area contributed by atoms with Crippen LogP contribution in [0.25, 0.3) is 0 Å². The summed E-state index contributed by atoms with van der Waals surface area (Å²) in [6, 6.07) is 0.797. The zero-order valence-electron chi connectivity index (χ0n) is 16.3. The molecule has 1 aromatic rings. The van der Waals surface area contributed by atoms with E-state index in [1.54, 1.807) is 11.3 Å². The summed E-state index contributed by atoms with van der Waals surface area (Å²) in [6.07, 6.45) is 8.12. The summed E-state index contributed by atoms with van der Waals surface area (Å²) in [7, 11) is 4.10.